The molecule has 1 aliphatic rings. The van der Waals surface area contributed by atoms with Crippen LogP contribution in [0.3, 0.4) is 0 Å². The maximum absolute atomic E-state index is 13.7. The van der Waals surface area contributed by atoms with Crippen LogP contribution in [0.2, 0.25) is 0 Å². The summed E-state index contributed by atoms with van der Waals surface area (Å²) in [6.07, 6.45) is 10.1. The predicted octanol–water partition coefficient (Wildman–Crippen LogP) is 8.46. The van der Waals surface area contributed by atoms with Crippen LogP contribution in [0.5, 0.6) is 0 Å². The summed E-state index contributed by atoms with van der Waals surface area (Å²) in [5, 5.41) is 7.52. The molecule has 1 fully saturated rings. The number of hydrogen-bond acceptors (Lipinski definition) is 2. The van der Waals surface area contributed by atoms with Crippen molar-refractivity contribution in [2.75, 3.05) is 13.2 Å². The van der Waals surface area contributed by atoms with Gasteiger partial charge in [0.15, 0.2) is 0 Å². The normalized spacial score (nSPS) is 26.4. The highest BCUT2D eigenvalue weighted by Crippen LogP contribution is 2.45. The summed E-state index contributed by atoms with van der Waals surface area (Å²) in [6, 6.07) is 0.516. The van der Waals surface area contributed by atoms with Gasteiger partial charge in [-0.2, -0.15) is 0 Å². The number of halogens is 1. The quantitative estimate of drug-likeness (QED) is 0.165. The first-order chi connectivity index (χ1) is 15.7. The molecule has 0 aliphatic heterocycles. The molecule has 1 aliphatic carbocycles. The monoisotopic (exact) mass is 468 g/mol. The van der Waals surface area contributed by atoms with Gasteiger partial charge in [0.25, 0.3) is 0 Å². The fourth-order valence-electron chi connectivity index (χ4n) is 6.84. The Morgan fingerprint density at radius 1 is 0.879 bits per heavy atom. The molecule has 198 valence electrons. The summed E-state index contributed by atoms with van der Waals surface area (Å²) in [7, 11) is 0. The zero-order valence-corrected chi connectivity index (χ0v) is 23.9. The molecular weight excluding hydrogens is 407 g/mol. The van der Waals surface area contributed by atoms with Gasteiger partial charge in [0.2, 0.25) is 0 Å². The van der Waals surface area contributed by atoms with Crippen molar-refractivity contribution in [3.63, 3.8) is 0 Å². The van der Waals surface area contributed by atoms with Crippen LogP contribution in [-0.4, -0.2) is 25.4 Å². The Morgan fingerprint density at radius 3 is 2.12 bits per heavy atom. The van der Waals surface area contributed by atoms with Crippen LogP contribution in [0.25, 0.3) is 0 Å². The summed E-state index contributed by atoms with van der Waals surface area (Å²) < 4.78 is 13.7. The van der Waals surface area contributed by atoms with Crippen LogP contribution in [0.15, 0.2) is 0 Å². The van der Waals surface area contributed by atoms with Gasteiger partial charge in [-0.3, -0.25) is 0 Å². The van der Waals surface area contributed by atoms with Crippen LogP contribution in [0, 0.1) is 47.3 Å². The van der Waals surface area contributed by atoms with Gasteiger partial charge < -0.3 is 10.6 Å². The van der Waals surface area contributed by atoms with Gasteiger partial charge in [-0.1, -0.05) is 81.1 Å². The molecular formula is C30H61FN2. The van der Waals surface area contributed by atoms with Crippen LogP contribution in [-0.2, 0) is 0 Å². The van der Waals surface area contributed by atoms with Crippen molar-refractivity contribution in [3.8, 4) is 0 Å². The lowest BCUT2D eigenvalue weighted by Gasteiger charge is -2.45. The molecule has 2 nitrogen and oxygen atoms in total. The van der Waals surface area contributed by atoms with E-state index < -0.39 is 6.17 Å². The summed E-state index contributed by atoms with van der Waals surface area (Å²) in [5.41, 5.74) is 0. The molecule has 1 rings (SSSR count). The predicted molar refractivity (Wildman–Crippen MR) is 145 cm³/mol. The van der Waals surface area contributed by atoms with Gasteiger partial charge in [-0.15, -0.1) is 0 Å². The second-order valence-electron chi connectivity index (χ2n) is 12.2. The van der Waals surface area contributed by atoms with E-state index in [1.165, 1.54) is 38.5 Å². The molecule has 0 amide bonds. The van der Waals surface area contributed by atoms with Crippen LogP contribution in [0.4, 0.5) is 4.39 Å². The molecule has 0 spiro atoms. The Bertz CT molecular complexity index is 480. The van der Waals surface area contributed by atoms with E-state index in [2.05, 4.69) is 66.0 Å². The van der Waals surface area contributed by atoms with Crippen LogP contribution >= 0.6 is 0 Å². The van der Waals surface area contributed by atoms with Gasteiger partial charge >= 0.3 is 0 Å². The lowest BCUT2D eigenvalue weighted by molar-refractivity contribution is 0.0571. The number of nitrogens with one attached hydrogen (secondary N) is 2. The zero-order valence-electron chi connectivity index (χ0n) is 23.9. The van der Waals surface area contributed by atoms with Gasteiger partial charge in [0, 0.05) is 12.7 Å². The summed E-state index contributed by atoms with van der Waals surface area (Å²) >= 11 is 0. The van der Waals surface area contributed by atoms with E-state index in [0.717, 1.165) is 49.2 Å². The number of rotatable bonds is 17. The topological polar surface area (TPSA) is 24.1 Å². The van der Waals surface area contributed by atoms with Crippen molar-refractivity contribution in [1.82, 2.24) is 10.6 Å². The lowest BCUT2D eigenvalue weighted by atomic mass is 9.62. The lowest BCUT2D eigenvalue weighted by Crippen LogP contribution is -2.47. The van der Waals surface area contributed by atoms with Gasteiger partial charge in [-0.05, 0) is 92.9 Å². The third-order valence-corrected chi connectivity index (χ3v) is 9.18. The molecule has 8 unspecified atom stereocenters. The van der Waals surface area contributed by atoms with Crippen LogP contribution < -0.4 is 10.6 Å². The zero-order chi connectivity index (χ0) is 25.0. The average molecular weight is 469 g/mol. The standard InChI is InChI=1S/C30H61FN2/c1-10-13-25(11-2)26-15-14-23(8)29(18-26)30(22(6)7)24(9)33-20-32-19-27(21(4)5)16-17-28(31)12-3/h21-30,32-33H,10-20H2,1-9H3. The van der Waals surface area contributed by atoms with Gasteiger partial charge in [0.05, 0.1) is 6.17 Å². The third-order valence-electron chi connectivity index (χ3n) is 9.18. The Labute approximate surface area is 208 Å². The Morgan fingerprint density at radius 2 is 1.58 bits per heavy atom. The van der Waals surface area contributed by atoms with E-state index in [1.807, 2.05) is 6.92 Å². The van der Waals surface area contributed by atoms with E-state index in [1.54, 1.807) is 0 Å². The van der Waals surface area contributed by atoms with Crippen molar-refractivity contribution in [2.24, 2.45) is 47.3 Å². The first-order valence-electron chi connectivity index (χ1n) is 14.7. The largest absolute Gasteiger partial charge is 0.304 e. The minimum Gasteiger partial charge on any atom is -0.304 e. The highest BCUT2D eigenvalue weighted by atomic mass is 19.1. The van der Waals surface area contributed by atoms with E-state index in [4.69, 9.17) is 0 Å². The molecule has 3 heteroatoms. The van der Waals surface area contributed by atoms with Crippen LogP contribution in [0.1, 0.15) is 120 Å². The van der Waals surface area contributed by atoms with Crippen molar-refractivity contribution < 1.29 is 4.39 Å². The molecule has 0 aromatic carbocycles. The van der Waals surface area contributed by atoms with E-state index in [9.17, 15) is 4.39 Å². The van der Waals surface area contributed by atoms with Gasteiger partial charge in [-0.25, -0.2) is 4.39 Å². The first-order valence-corrected chi connectivity index (χ1v) is 14.7. The Hall–Kier alpha value is -0.150. The fourth-order valence-corrected chi connectivity index (χ4v) is 6.84. The molecule has 0 heterocycles. The van der Waals surface area contributed by atoms with Crippen molar-refractivity contribution in [2.45, 2.75) is 132 Å². The molecule has 0 radical (unpaired) electrons. The molecule has 0 saturated heterocycles. The van der Waals surface area contributed by atoms with Gasteiger partial charge in [0.1, 0.15) is 0 Å². The summed E-state index contributed by atoms with van der Waals surface area (Å²) in [4.78, 5) is 0. The van der Waals surface area contributed by atoms with E-state index in [-0.39, 0.29) is 0 Å². The average Bonchev–Trinajstić information content (AvgIpc) is 2.77. The molecule has 0 aromatic rings. The molecule has 8 atom stereocenters. The molecule has 2 N–H and O–H groups in total. The number of hydrogen-bond donors (Lipinski definition) is 2. The van der Waals surface area contributed by atoms with Crippen molar-refractivity contribution in [1.29, 1.82) is 0 Å². The Balaban J connectivity index is 2.64. The highest BCUT2D eigenvalue weighted by molar-refractivity contribution is 4.90. The number of alkyl halides is 1. The molecule has 1 saturated carbocycles. The maximum atomic E-state index is 13.7. The smallest absolute Gasteiger partial charge is 0.0999 e. The SMILES string of the molecule is CCCC(CC)C1CCC(C)C(C(C(C)C)C(C)NCNCC(CCC(F)CC)C(C)C)C1. The molecule has 33 heavy (non-hydrogen) atoms. The van der Waals surface area contributed by atoms with Crippen molar-refractivity contribution in [3.05, 3.63) is 0 Å². The third kappa shape index (κ3) is 10.6. The minimum absolute atomic E-state index is 0.516. The fraction of sp³-hybridized carbons (Fsp3) is 1.00. The summed E-state index contributed by atoms with van der Waals surface area (Å²) in [5.74, 6) is 6.09. The second kappa shape index (κ2) is 16.5. The minimum atomic E-state index is -0.637. The second-order valence-corrected chi connectivity index (χ2v) is 12.2. The summed E-state index contributed by atoms with van der Waals surface area (Å²) in [6.45, 7) is 22.9. The molecule has 0 bridgehead atoms. The molecule has 0 aromatic heterocycles. The van der Waals surface area contributed by atoms with Crippen molar-refractivity contribution >= 4 is 0 Å². The van der Waals surface area contributed by atoms with E-state index in [0.29, 0.717) is 36.6 Å². The van der Waals surface area contributed by atoms with E-state index >= 15 is 0 Å². The Kier molecular flexibility index (Phi) is 15.4. The first kappa shape index (κ1) is 30.9. The highest BCUT2D eigenvalue weighted by Gasteiger charge is 2.38. The maximum Gasteiger partial charge on any atom is 0.0999 e.